The Balaban J connectivity index is 5.90. The summed E-state index contributed by atoms with van der Waals surface area (Å²) < 4.78 is 178. The van der Waals surface area contributed by atoms with Crippen molar-refractivity contribution in [2.24, 2.45) is 0 Å². The molecule has 3 nitrogen and oxygen atoms in total. The quantitative estimate of drug-likeness (QED) is 0.292. The fraction of sp³-hybridized carbons (Fsp3) is 0. The fourth-order valence-electron chi connectivity index (χ4n) is 0.382. The molecule has 0 saturated heterocycles. The van der Waals surface area contributed by atoms with Crippen LogP contribution in [0.4, 0.5) is 43.4 Å². The van der Waals surface area contributed by atoms with Gasteiger partial charge in [0.25, 0.3) is 0 Å². The molecule has 0 aliphatic heterocycles. The first-order valence-corrected chi connectivity index (χ1v) is 21.7. The summed E-state index contributed by atoms with van der Waals surface area (Å²) in [5.41, 5.74) is 0. The van der Waals surface area contributed by atoms with E-state index in [4.69, 9.17) is 0 Å². The second kappa shape index (κ2) is 3.87. The average molecular weight is 791 g/mol. The van der Waals surface area contributed by atoms with Crippen LogP contribution in [0, 0.1) is 0 Å². The standard InChI is InChI=1S/AsF15O3Te3/c2-20(3,4,5,6)17-1(18-21(7,8,9,10)11)19-22(12,13,14,15)16. The van der Waals surface area contributed by atoms with Crippen LogP contribution in [0.5, 0.6) is 0 Å². The van der Waals surface area contributed by atoms with Gasteiger partial charge in [0, 0.05) is 0 Å². The van der Waals surface area contributed by atoms with Gasteiger partial charge in [0.2, 0.25) is 0 Å². The van der Waals surface area contributed by atoms with Gasteiger partial charge >= 0.3 is 121 Å². The van der Waals surface area contributed by atoms with Crippen molar-refractivity contribution >= 4 is 71.7 Å². The third kappa shape index (κ3) is 18.1. The molecule has 0 atom stereocenters. The van der Waals surface area contributed by atoms with Crippen LogP contribution in [0.2, 0.25) is 0 Å². The van der Waals surface area contributed by atoms with E-state index in [0.29, 0.717) is 0 Å². The van der Waals surface area contributed by atoms with Crippen LogP contribution >= 0.6 is 0 Å². The van der Waals surface area contributed by atoms with Crippen molar-refractivity contribution < 1.29 is 49.7 Å². The van der Waals surface area contributed by atoms with Crippen molar-refractivity contribution in [2.45, 2.75) is 0 Å². The zero-order chi connectivity index (χ0) is 18.9. The molecular weight excluding hydrogens is 791 g/mol. The van der Waals surface area contributed by atoms with Gasteiger partial charge in [0.15, 0.2) is 0 Å². The summed E-state index contributed by atoms with van der Waals surface area (Å²) in [5.74, 6) is 0. The molecule has 0 amide bonds. The number of hydrogen-bond donors (Lipinski definition) is 0. The van der Waals surface area contributed by atoms with E-state index in [9.17, 15) is 43.4 Å². The van der Waals surface area contributed by atoms with E-state index in [-0.39, 0.29) is 0 Å². The van der Waals surface area contributed by atoms with Crippen molar-refractivity contribution in [2.75, 3.05) is 0 Å². The molecule has 0 aromatic rings. The predicted molar refractivity (Wildman–Crippen MR) is 42.9 cm³/mol. The average Bonchev–Trinajstić information content (AvgIpc) is 1.54. The van der Waals surface area contributed by atoms with Gasteiger partial charge in [-0.15, -0.1) is 0 Å². The van der Waals surface area contributed by atoms with Crippen molar-refractivity contribution in [3.8, 4) is 0 Å². The second-order valence-electron chi connectivity index (χ2n) is 3.14. The van der Waals surface area contributed by atoms with E-state index in [2.05, 4.69) is 0 Å². The molecule has 0 aromatic carbocycles. The SMILES string of the molecule is F[Te](F)(F)(F)(F)O[As](O[Te](F)(F)(F)(F)F)O[Te](F)(F)(F)(F)F. The second-order valence-corrected chi connectivity index (χ2v) is 27.0. The van der Waals surface area contributed by atoms with Crippen LogP contribution in [-0.2, 0) is 6.27 Å². The molecule has 0 fully saturated rings. The molecule has 0 saturated carbocycles. The Morgan fingerprint density at radius 1 is 0.364 bits per heavy atom. The van der Waals surface area contributed by atoms with E-state index in [0.717, 1.165) is 6.27 Å². The van der Waals surface area contributed by atoms with Crippen LogP contribution in [0.1, 0.15) is 0 Å². The van der Waals surface area contributed by atoms with E-state index in [1.54, 1.807) is 0 Å². The van der Waals surface area contributed by atoms with Gasteiger partial charge in [0.05, 0.1) is 0 Å². The number of halogens is 15. The molecule has 0 N–H and O–H groups in total. The van der Waals surface area contributed by atoms with Gasteiger partial charge in [-0.1, -0.05) is 0 Å². The molecule has 0 aliphatic rings. The fourth-order valence-corrected chi connectivity index (χ4v) is 20.7. The third-order valence-corrected chi connectivity index (χ3v) is 21.1. The topological polar surface area (TPSA) is 27.7 Å². The number of rotatable bonds is 6. The molecule has 0 rings (SSSR count). The molecule has 22 heteroatoms. The molecular formula is AsF15O3Te3. The summed E-state index contributed by atoms with van der Waals surface area (Å²) in [6, 6.07) is 0. The molecule has 0 aromatic heterocycles. The third-order valence-electron chi connectivity index (χ3n) is 0.605. The maximum atomic E-state index is 11.7. The Morgan fingerprint density at radius 2 is 0.500 bits per heavy atom. The summed E-state index contributed by atoms with van der Waals surface area (Å²) in [6.07, 6.45) is 0. The Morgan fingerprint density at radius 3 is 0.591 bits per heavy atom. The zero-order valence-electron chi connectivity index (χ0n) is 8.57. The van der Waals surface area contributed by atoms with E-state index >= 15 is 0 Å². The Kier molecular flexibility index (Phi) is 4.18. The molecule has 0 radical (unpaired) electrons. The van der Waals surface area contributed by atoms with Crippen molar-refractivity contribution in [1.29, 1.82) is 0 Å². The molecule has 0 aliphatic carbocycles. The van der Waals surface area contributed by atoms with Gasteiger partial charge < -0.3 is 0 Å². The summed E-state index contributed by atoms with van der Waals surface area (Å²) in [5, 5.41) is 0. The van der Waals surface area contributed by atoms with Crippen molar-refractivity contribution in [3.05, 3.63) is 0 Å². The van der Waals surface area contributed by atoms with Crippen molar-refractivity contribution in [3.63, 3.8) is 0 Å². The van der Waals surface area contributed by atoms with Gasteiger partial charge in [-0.05, 0) is 0 Å². The van der Waals surface area contributed by atoms with Crippen LogP contribution in [-0.4, -0.2) is 71.7 Å². The van der Waals surface area contributed by atoms with Crippen molar-refractivity contribution in [1.82, 2.24) is 0 Å². The molecule has 0 heterocycles. The number of hydrogen-bond acceptors (Lipinski definition) is 3. The molecule has 0 spiro atoms. The maximum absolute atomic E-state index is 12.6. The minimum atomic E-state index is -12.6. The van der Waals surface area contributed by atoms with Crippen LogP contribution < -0.4 is 0 Å². The van der Waals surface area contributed by atoms with E-state index < -0.39 is 71.7 Å². The first-order valence-electron chi connectivity index (χ1n) is 3.36. The first kappa shape index (κ1) is 23.8. The zero-order valence-corrected chi connectivity index (χ0v) is 17.4. The molecule has 146 valence electrons. The monoisotopic (exact) mass is 798 g/mol. The Hall–Kier alpha value is 1.76. The predicted octanol–water partition coefficient (Wildman–Crippen LogP) is 4.57. The van der Waals surface area contributed by atoms with Gasteiger partial charge in [-0.2, -0.15) is 0 Å². The minimum absolute atomic E-state index is 1.08. The normalized spacial score (nSPS) is 25.8. The van der Waals surface area contributed by atoms with Crippen LogP contribution in [0.15, 0.2) is 0 Å². The molecule has 22 heavy (non-hydrogen) atoms. The summed E-state index contributed by atoms with van der Waals surface area (Å²) in [6.45, 7) is 0. The first-order chi connectivity index (χ1) is 8.21. The van der Waals surface area contributed by atoms with Crippen LogP contribution in [0.3, 0.4) is 0 Å². The van der Waals surface area contributed by atoms with E-state index in [1.165, 1.54) is 0 Å². The van der Waals surface area contributed by atoms with Gasteiger partial charge in [-0.25, -0.2) is 0 Å². The van der Waals surface area contributed by atoms with E-state index in [1.807, 2.05) is 0 Å². The summed E-state index contributed by atoms with van der Waals surface area (Å²) >= 11 is -45.9. The Labute approximate surface area is 120 Å². The molecule has 0 unspecified atom stereocenters. The summed E-state index contributed by atoms with van der Waals surface area (Å²) in [4.78, 5) is 0. The molecule has 0 bridgehead atoms. The van der Waals surface area contributed by atoms with Crippen LogP contribution in [0.25, 0.3) is 0 Å². The Bertz CT molecular complexity index is 393. The summed E-state index contributed by atoms with van der Waals surface area (Å²) in [7, 11) is 0. The van der Waals surface area contributed by atoms with Gasteiger partial charge in [-0.3, -0.25) is 0 Å². The van der Waals surface area contributed by atoms with Gasteiger partial charge in [0.1, 0.15) is 0 Å².